The molecule has 3 aliphatic rings. The standard InChI is InChI=1S/C31H50N4O7S/c1-8-11-12-19(4)15-20(9-2)25(32-29(40)42-30(5,6)7)27(38)35-18-22(36)16-24(35)26(37)33-31(17-21(31)10-3)28(39)34-43(41)23-13-14-23/h8,10,19-25,36H,1,3,9,11-18H2,2,4-7H3,(H,32,40)(H,33,37)(H,34,39)/t19?,20-,21-,22-,24+,25+,31-,43?/m1/s1. The van der Waals surface area contributed by atoms with Gasteiger partial charge in [-0.1, -0.05) is 32.4 Å². The first kappa shape index (κ1) is 34.8. The predicted octanol–water partition coefficient (Wildman–Crippen LogP) is 2.86. The van der Waals surface area contributed by atoms with Crippen molar-refractivity contribution in [3.8, 4) is 0 Å². The smallest absolute Gasteiger partial charge is 0.408 e. The quantitative estimate of drug-likeness (QED) is 0.205. The highest BCUT2D eigenvalue weighted by Gasteiger charge is 2.61. The molecule has 43 heavy (non-hydrogen) atoms. The summed E-state index contributed by atoms with van der Waals surface area (Å²) >= 11 is 0. The summed E-state index contributed by atoms with van der Waals surface area (Å²) in [4.78, 5) is 55.2. The van der Waals surface area contributed by atoms with Crippen LogP contribution >= 0.6 is 0 Å². The van der Waals surface area contributed by atoms with Crippen molar-refractivity contribution in [2.24, 2.45) is 17.8 Å². The lowest BCUT2D eigenvalue weighted by Crippen LogP contribution is -2.59. The van der Waals surface area contributed by atoms with Gasteiger partial charge in [0.05, 0.1) is 11.4 Å². The summed E-state index contributed by atoms with van der Waals surface area (Å²) in [6.45, 7) is 16.7. The van der Waals surface area contributed by atoms with Gasteiger partial charge in [0.1, 0.15) is 34.2 Å². The topological polar surface area (TPSA) is 154 Å². The molecule has 12 heteroatoms. The molecule has 0 radical (unpaired) electrons. The highest BCUT2D eigenvalue weighted by Crippen LogP contribution is 2.45. The molecule has 1 aliphatic heterocycles. The van der Waals surface area contributed by atoms with Crippen LogP contribution in [-0.2, 0) is 30.1 Å². The van der Waals surface area contributed by atoms with E-state index in [9.17, 15) is 28.5 Å². The number of carbonyl (C=O) groups is 4. The van der Waals surface area contributed by atoms with Gasteiger partial charge in [0.25, 0.3) is 5.91 Å². The zero-order valence-corrected chi connectivity index (χ0v) is 27.0. The molecule has 2 aliphatic carbocycles. The van der Waals surface area contributed by atoms with E-state index in [1.165, 1.54) is 4.90 Å². The SMILES string of the molecule is C=CCCC(C)C[C@@H](CC)[C@H](NC(=O)OC(C)(C)C)C(=O)N1C[C@H](O)C[C@H]1C(=O)N[C@]1(C(=O)NS(=O)C2CC2)C[C@H]1C=C. The van der Waals surface area contributed by atoms with Gasteiger partial charge in [-0.25, -0.2) is 9.00 Å². The Morgan fingerprint density at radius 1 is 1.21 bits per heavy atom. The third-order valence-electron chi connectivity index (χ3n) is 8.44. The molecule has 0 aromatic heterocycles. The Kier molecular flexibility index (Phi) is 11.6. The number of aliphatic hydroxyl groups excluding tert-OH is 1. The summed E-state index contributed by atoms with van der Waals surface area (Å²) in [6, 6.07) is -2.06. The Morgan fingerprint density at radius 3 is 2.42 bits per heavy atom. The lowest BCUT2D eigenvalue weighted by atomic mass is 9.85. The number of likely N-dealkylation sites (tertiary alicyclic amines) is 1. The van der Waals surface area contributed by atoms with Crippen LogP contribution in [0.1, 0.15) is 86.0 Å². The van der Waals surface area contributed by atoms with Gasteiger partial charge >= 0.3 is 6.09 Å². The molecule has 8 atom stereocenters. The van der Waals surface area contributed by atoms with Crippen molar-refractivity contribution in [3.63, 3.8) is 0 Å². The average Bonchev–Trinajstić information content (AvgIpc) is 3.85. The molecule has 0 aromatic carbocycles. The van der Waals surface area contributed by atoms with Crippen LogP contribution < -0.4 is 15.4 Å². The number of aliphatic hydroxyl groups is 1. The first-order valence-corrected chi connectivity index (χ1v) is 16.6. The lowest BCUT2D eigenvalue weighted by molar-refractivity contribution is -0.142. The van der Waals surface area contributed by atoms with Crippen molar-refractivity contribution in [1.82, 2.24) is 20.3 Å². The number of alkyl carbamates (subject to hydrolysis) is 1. The van der Waals surface area contributed by atoms with E-state index in [0.717, 1.165) is 25.7 Å². The number of nitrogens with one attached hydrogen (secondary N) is 3. The van der Waals surface area contributed by atoms with Crippen LogP contribution in [0.3, 0.4) is 0 Å². The van der Waals surface area contributed by atoms with E-state index in [4.69, 9.17) is 4.74 Å². The van der Waals surface area contributed by atoms with Crippen molar-refractivity contribution < 1.29 is 33.2 Å². The third-order valence-corrected chi connectivity index (χ3v) is 9.90. The van der Waals surface area contributed by atoms with Crippen molar-refractivity contribution in [2.45, 2.75) is 121 Å². The Bertz CT molecular complexity index is 1100. The van der Waals surface area contributed by atoms with Crippen molar-refractivity contribution in [3.05, 3.63) is 25.3 Å². The summed E-state index contributed by atoms with van der Waals surface area (Å²) in [7, 11) is -1.53. The molecule has 0 spiro atoms. The molecule has 0 bridgehead atoms. The van der Waals surface area contributed by atoms with E-state index in [2.05, 4.69) is 35.4 Å². The van der Waals surface area contributed by atoms with Crippen LogP contribution in [0, 0.1) is 17.8 Å². The largest absolute Gasteiger partial charge is 0.444 e. The molecule has 4 N–H and O–H groups in total. The molecule has 1 saturated heterocycles. The normalized spacial score (nSPS) is 27.7. The second kappa shape index (κ2) is 14.4. The van der Waals surface area contributed by atoms with Gasteiger partial charge in [0.2, 0.25) is 11.8 Å². The van der Waals surface area contributed by atoms with Crippen LogP contribution in [0.2, 0.25) is 0 Å². The molecule has 2 saturated carbocycles. The van der Waals surface area contributed by atoms with Gasteiger partial charge in [-0.3, -0.25) is 19.1 Å². The fourth-order valence-corrected chi connectivity index (χ4v) is 6.86. The summed E-state index contributed by atoms with van der Waals surface area (Å²) in [6.07, 6.45) is 6.48. The Labute approximate surface area is 258 Å². The number of rotatable bonds is 15. The van der Waals surface area contributed by atoms with Gasteiger partial charge in [-0.15, -0.1) is 13.2 Å². The van der Waals surface area contributed by atoms with Gasteiger partial charge in [0, 0.05) is 18.9 Å². The van der Waals surface area contributed by atoms with E-state index in [1.807, 2.05) is 13.0 Å². The second-order valence-corrected chi connectivity index (χ2v) is 14.8. The number of allylic oxidation sites excluding steroid dienone is 1. The summed E-state index contributed by atoms with van der Waals surface area (Å²) < 4.78 is 20.4. The molecular formula is C31H50N4O7S. The number of amides is 4. The maximum Gasteiger partial charge on any atom is 0.408 e. The summed E-state index contributed by atoms with van der Waals surface area (Å²) in [5.74, 6) is -2.00. The van der Waals surface area contributed by atoms with Gasteiger partial charge in [-0.2, -0.15) is 0 Å². The Balaban J connectivity index is 1.82. The van der Waals surface area contributed by atoms with Crippen LogP contribution in [0.4, 0.5) is 4.79 Å². The fraction of sp³-hybridized carbons (Fsp3) is 0.742. The number of carbonyl (C=O) groups excluding carboxylic acids is 4. The van der Waals surface area contributed by atoms with Crippen molar-refractivity contribution >= 4 is 34.8 Å². The minimum atomic E-state index is -1.53. The zero-order chi connectivity index (χ0) is 32.1. The van der Waals surface area contributed by atoms with Crippen LogP contribution in [0.5, 0.6) is 0 Å². The summed E-state index contributed by atoms with van der Waals surface area (Å²) in [5, 5.41) is 16.1. The molecule has 4 amide bonds. The number of nitrogens with zero attached hydrogens (tertiary/aromatic N) is 1. The van der Waals surface area contributed by atoms with Gasteiger partial charge in [-0.05, 0) is 71.1 Å². The van der Waals surface area contributed by atoms with Crippen LogP contribution in [0.25, 0.3) is 0 Å². The Morgan fingerprint density at radius 2 is 1.88 bits per heavy atom. The van der Waals surface area contributed by atoms with E-state index >= 15 is 0 Å². The molecule has 2 unspecified atom stereocenters. The van der Waals surface area contributed by atoms with E-state index in [0.29, 0.717) is 19.3 Å². The van der Waals surface area contributed by atoms with E-state index in [-0.39, 0.29) is 36.0 Å². The minimum absolute atomic E-state index is 0.0201. The monoisotopic (exact) mass is 622 g/mol. The number of β-amino-alcohol motifs (C(OH)–C–C–N with tert-alkyl or cyclic N) is 1. The maximum absolute atomic E-state index is 14.2. The molecule has 1 heterocycles. The van der Waals surface area contributed by atoms with Gasteiger partial charge < -0.3 is 25.4 Å². The van der Waals surface area contributed by atoms with Crippen molar-refractivity contribution in [2.75, 3.05) is 6.54 Å². The average molecular weight is 623 g/mol. The summed E-state index contributed by atoms with van der Waals surface area (Å²) in [5.41, 5.74) is -2.10. The molecule has 0 aromatic rings. The second-order valence-electron chi connectivity index (χ2n) is 13.3. The molecule has 11 nitrogen and oxygen atoms in total. The van der Waals surface area contributed by atoms with Gasteiger partial charge in [0.15, 0.2) is 0 Å². The van der Waals surface area contributed by atoms with Crippen LogP contribution in [0.15, 0.2) is 25.3 Å². The lowest BCUT2D eigenvalue weighted by Gasteiger charge is -2.34. The highest BCUT2D eigenvalue weighted by molar-refractivity contribution is 7.84. The molecular weight excluding hydrogens is 572 g/mol. The first-order chi connectivity index (χ1) is 20.1. The molecule has 3 rings (SSSR count). The highest BCUT2D eigenvalue weighted by atomic mass is 32.2. The third kappa shape index (κ3) is 9.14. The van der Waals surface area contributed by atoms with Crippen molar-refractivity contribution in [1.29, 1.82) is 0 Å². The number of ether oxygens (including phenoxy) is 1. The molecule has 3 fully saturated rings. The minimum Gasteiger partial charge on any atom is -0.444 e. The number of hydrogen-bond donors (Lipinski definition) is 4. The first-order valence-electron chi connectivity index (χ1n) is 15.4. The Hall–Kier alpha value is -2.73. The van der Waals surface area contributed by atoms with E-state index < -0.39 is 64.1 Å². The maximum atomic E-state index is 14.2. The predicted molar refractivity (Wildman–Crippen MR) is 165 cm³/mol. The zero-order valence-electron chi connectivity index (χ0n) is 26.2. The van der Waals surface area contributed by atoms with E-state index in [1.54, 1.807) is 26.8 Å². The molecule has 242 valence electrons. The fourth-order valence-electron chi connectivity index (χ4n) is 5.76. The van der Waals surface area contributed by atoms with Crippen LogP contribution in [-0.4, -0.2) is 79.2 Å². The number of hydrogen-bond acceptors (Lipinski definition) is 7.